The van der Waals surface area contributed by atoms with Gasteiger partial charge in [0.05, 0.1) is 13.2 Å². The molecule has 1 atom stereocenters. The van der Waals surface area contributed by atoms with E-state index in [9.17, 15) is 13.2 Å². The number of methoxy groups -OCH3 is 1. The molecule has 0 fully saturated rings. The molecule has 0 spiro atoms. The first-order chi connectivity index (χ1) is 12.8. The minimum Gasteiger partial charge on any atom is -0.495 e. The van der Waals surface area contributed by atoms with Crippen LogP contribution in [-0.2, 0) is 14.8 Å². The lowest BCUT2D eigenvalue weighted by Gasteiger charge is -2.13. The van der Waals surface area contributed by atoms with Gasteiger partial charge in [-0.1, -0.05) is 35.9 Å². The Labute approximate surface area is 160 Å². The second-order valence-electron chi connectivity index (χ2n) is 6.09. The summed E-state index contributed by atoms with van der Waals surface area (Å²) in [5, 5.41) is 2.88. The van der Waals surface area contributed by atoms with Gasteiger partial charge in [0, 0.05) is 6.08 Å². The van der Waals surface area contributed by atoms with Gasteiger partial charge in [0.15, 0.2) is 0 Å². The molecule has 1 amide bonds. The molecule has 0 bridgehead atoms. The Balaban J connectivity index is 2.14. The molecule has 27 heavy (non-hydrogen) atoms. The minimum atomic E-state index is -3.67. The van der Waals surface area contributed by atoms with E-state index in [1.165, 1.54) is 26.3 Å². The van der Waals surface area contributed by atoms with E-state index in [-0.39, 0.29) is 22.6 Å². The number of carbonyl (C=O) groups is 1. The predicted molar refractivity (Wildman–Crippen MR) is 106 cm³/mol. The first-order valence-corrected chi connectivity index (χ1v) is 9.92. The van der Waals surface area contributed by atoms with Crippen molar-refractivity contribution < 1.29 is 17.9 Å². The van der Waals surface area contributed by atoms with Gasteiger partial charge in [-0.2, -0.15) is 0 Å². The number of hydrogen-bond acceptors (Lipinski definition) is 4. The van der Waals surface area contributed by atoms with Crippen LogP contribution in [0.5, 0.6) is 5.75 Å². The summed E-state index contributed by atoms with van der Waals surface area (Å²) in [7, 11) is -0.937. The monoisotopic (exact) mass is 388 g/mol. The third kappa shape index (κ3) is 5.42. The normalized spacial score (nSPS) is 12.7. The van der Waals surface area contributed by atoms with Gasteiger partial charge < -0.3 is 10.1 Å². The molecular formula is C20H24N2O4S. The molecule has 0 aliphatic rings. The maximum Gasteiger partial charge on any atom is 0.244 e. The Kier molecular flexibility index (Phi) is 6.76. The number of hydrogen-bond donors (Lipinski definition) is 2. The molecule has 0 aliphatic carbocycles. The standard InChI is InChI=1S/C20H24N2O4S/c1-14-5-9-17(10-6-14)15(2)22-20(23)12-8-16-7-11-18(26-4)19(13-16)27(24,25)21-3/h5-13,15,21H,1-4H3,(H,22,23)/b12-8+. The van der Waals surface area contributed by atoms with Crippen LogP contribution in [0, 0.1) is 6.92 Å². The molecule has 144 valence electrons. The fourth-order valence-electron chi connectivity index (χ4n) is 2.49. The molecule has 0 saturated heterocycles. The van der Waals surface area contributed by atoms with Crippen molar-refractivity contribution in [3.8, 4) is 5.75 Å². The average Bonchev–Trinajstić information content (AvgIpc) is 2.66. The number of benzene rings is 2. The van der Waals surface area contributed by atoms with Crippen LogP contribution in [0.3, 0.4) is 0 Å². The summed E-state index contributed by atoms with van der Waals surface area (Å²) in [5.41, 5.74) is 2.74. The van der Waals surface area contributed by atoms with Crippen molar-refractivity contribution in [2.45, 2.75) is 24.8 Å². The zero-order valence-corrected chi connectivity index (χ0v) is 16.6. The van der Waals surface area contributed by atoms with E-state index in [0.717, 1.165) is 11.1 Å². The number of sulfonamides is 1. The van der Waals surface area contributed by atoms with Crippen molar-refractivity contribution in [1.82, 2.24) is 10.0 Å². The van der Waals surface area contributed by atoms with Gasteiger partial charge in [0.2, 0.25) is 15.9 Å². The maximum absolute atomic E-state index is 12.2. The Bertz CT molecular complexity index is 935. The predicted octanol–water partition coefficient (Wildman–Crippen LogP) is 2.80. The fraction of sp³-hybridized carbons (Fsp3) is 0.250. The van der Waals surface area contributed by atoms with E-state index in [1.807, 2.05) is 38.1 Å². The van der Waals surface area contributed by atoms with E-state index < -0.39 is 10.0 Å². The average molecular weight is 388 g/mol. The molecule has 6 nitrogen and oxygen atoms in total. The van der Waals surface area contributed by atoms with Crippen molar-refractivity contribution in [3.05, 3.63) is 65.2 Å². The summed E-state index contributed by atoms with van der Waals surface area (Å²) >= 11 is 0. The fourth-order valence-corrected chi connectivity index (χ4v) is 3.42. The highest BCUT2D eigenvalue weighted by atomic mass is 32.2. The molecule has 2 aromatic carbocycles. The van der Waals surface area contributed by atoms with E-state index in [4.69, 9.17) is 4.74 Å². The molecule has 0 aliphatic heterocycles. The van der Waals surface area contributed by atoms with Crippen LogP contribution in [0.2, 0.25) is 0 Å². The van der Waals surface area contributed by atoms with Crippen molar-refractivity contribution in [2.75, 3.05) is 14.2 Å². The van der Waals surface area contributed by atoms with Gasteiger partial charge in [0.1, 0.15) is 10.6 Å². The maximum atomic E-state index is 12.2. The van der Waals surface area contributed by atoms with Gasteiger partial charge in [-0.05, 0) is 50.2 Å². The quantitative estimate of drug-likeness (QED) is 0.715. The van der Waals surface area contributed by atoms with Crippen molar-refractivity contribution in [1.29, 1.82) is 0 Å². The second-order valence-corrected chi connectivity index (χ2v) is 7.95. The minimum absolute atomic E-state index is 0.0167. The third-order valence-electron chi connectivity index (χ3n) is 4.11. The molecule has 0 heterocycles. The molecule has 0 aromatic heterocycles. The summed E-state index contributed by atoms with van der Waals surface area (Å²) in [5.74, 6) is -0.0316. The smallest absolute Gasteiger partial charge is 0.244 e. The SMILES string of the molecule is CNS(=O)(=O)c1cc(/C=C/C(=O)NC(C)c2ccc(C)cc2)ccc1OC. The zero-order chi connectivity index (χ0) is 20.0. The molecule has 1 unspecified atom stereocenters. The highest BCUT2D eigenvalue weighted by molar-refractivity contribution is 7.89. The number of amides is 1. The Hall–Kier alpha value is -2.64. The Morgan fingerprint density at radius 2 is 1.81 bits per heavy atom. The summed E-state index contributed by atoms with van der Waals surface area (Å²) < 4.78 is 31.6. The van der Waals surface area contributed by atoms with Crippen molar-refractivity contribution in [2.24, 2.45) is 0 Å². The molecule has 7 heteroatoms. The molecule has 2 rings (SSSR count). The molecule has 0 radical (unpaired) electrons. The second kappa shape index (κ2) is 8.83. The molecular weight excluding hydrogens is 364 g/mol. The van der Waals surface area contributed by atoms with Gasteiger partial charge >= 0.3 is 0 Å². The van der Waals surface area contributed by atoms with Gasteiger partial charge in [-0.15, -0.1) is 0 Å². The van der Waals surface area contributed by atoms with E-state index >= 15 is 0 Å². The number of ether oxygens (including phenoxy) is 1. The van der Waals surface area contributed by atoms with Crippen LogP contribution in [0.15, 0.2) is 53.4 Å². The highest BCUT2D eigenvalue weighted by Crippen LogP contribution is 2.25. The van der Waals surface area contributed by atoms with Gasteiger partial charge in [-0.25, -0.2) is 13.1 Å². The van der Waals surface area contributed by atoms with Crippen molar-refractivity contribution >= 4 is 22.0 Å². The number of rotatable bonds is 7. The van der Waals surface area contributed by atoms with Crippen LogP contribution >= 0.6 is 0 Å². The van der Waals surface area contributed by atoms with E-state index in [1.54, 1.807) is 18.2 Å². The van der Waals surface area contributed by atoms with Gasteiger partial charge in [-0.3, -0.25) is 4.79 Å². The Morgan fingerprint density at radius 1 is 1.15 bits per heavy atom. The van der Waals surface area contributed by atoms with Gasteiger partial charge in [0.25, 0.3) is 0 Å². The van der Waals surface area contributed by atoms with E-state index in [2.05, 4.69) is 10.0 Å². The zero-order valence-electron chi connectivity index (χ0n) is 15.8. The summed E-state index contributed by atoms with van der Waals surface area (Å²) in [6.45, 7) is 3.91. The number of nitrogens with one attached hydrogen (secondary N) is 2. The molecule has 2 N–H and O–H groups in total. The lowest BCUT2D eigenvalue weighted by atomic mass is 10.1. The van der Waals surface area contributed by atoms with Crippen LogP contribution in [-0.4, -0.2) is 28.5 Å². The summed E-state index contributed by atoms with van der Waals surface area (Å²) in [6.07, 6.45) is 2.94. The lowest BCUT2D eigenvalue weighted by molar-refractivity contribution is -0.117. The third-order valence-corrected chi connectivity index (χ3v) is 5.54. The lowest BCUT2D eigenvalue weighted by Crippen LogP contribution is -2.24. The van der Waals surface area contributed by atoms with E-state index in [0.29, 0.717) is 5.56 Å². The van der Waals surface area contributed by atoms with Crippen LogP contribution in [0.4, 0.5) is 0 Å². The van der Waals surface area contributed by atoms with Crippen molar-refractivity contribution in [3.63, 3.8) is 0 Å². The summed E-state index contributed by atoms with van der Waals surface area (Å²) in [6, 6.07) is 12.5. The molecule has 0 saturated carbocycles. The number of aryl methyl sites for hydroxylation is 1. The molecule has 2 aromatic rings. The van der Waals surface area contributed by atoms with Crippen LogP contribution < -0.4 is 14.8 Å². The van der Waals surface area contributed by atoms with Crippen LogP contribution in [0.25, 0.3) is 6.08 Å². The first-order valence-electron chi connectivity index (χ1n) is 8.43. The number of carbonyl (C=O) groups excluding carboxylic acids is 1. The first kappa shape index (κ1) is 20.7. The topological polar surface area (TPSA) is 84.5 Å². The van der Waals surface area contributed by atoms with Crippen LogP contribution in [0.1, 0.15) is 29.7 Å². The summed E-state index contributed by atoms with van der Waals surface area (Å²) in [4.78, 5) is 12.2. The largest absolute Gasteiger partial charge is 0.495 e. The highest BCUT2D eigenvalue weighted by Gasteiger charge is 2.17. The Morgan fingerprint density at radius 3 is 2.41 bits per heavy atom.